The molecule has 0 spiro atoms. The summed E-state index contributed by atoms with van der Waals surface area (Å²) in [5.74, 6) is -0.680. The SMILES string of the molecule is O=C(O)C1CCC(SC2CCOCC2)CC1. The molecular weight excluding hydrogens is 224 g/mol. The molecule has 1 aliphatic heterocycles. The van der Waals surface area contributed by atoms with Crippen LogP contribution in [0.3, 0.4) is 0 Å². The van der Waals surface area contributed by atoms with E-state index in [-0.39, 0.29) is 5.92 Å². The lowest BCUT2D eigenvalue weighted by Gasteiger charge is -2.30. The summed E-state index contributed by atoms with van der Waals surface area (Å²) in [6.45, 7) is 1.81. The summed E-state index contributed by atoms with van der Waals surface area (Å²) in [6.07, 6.45) is 6.25. The van der Waals surface area contributed by atoms with Crippen LogP contribution in [0.4, 0.5) is 0 Å². The molecule has 3 nitrogen and oxygen atoms in total. The predicted molar refractivity (Wildman–Crippen MR) is 64.8 cm³/mol. The van der Waals surface area contributed by atoms with Crippen LogP contribution in [0.25, 0.3) is 0 Å². The zero-order valence-corrected chi connectivity index (χ0v) is 10.4. The van der Waals surface area contributed by atoms with E-state index in [1.54, 1.807) is 0 Å². The molecule has 1 saturated heterocycles. The van der Waals surface area contributed by atoms with E-state index in [0.717, 1.165) is 44.1 Å². The molecule has 2 fully saturated rings. The average molecular weight is 244 g/mol. The summed E-state index contributed by atoms with van der Waals surface area (Å²) in [7, 11) is 0. The van der Waals surface area contributed by atoms with Crippen molar-refractivity contribution < 1.29 is 14.6 Å². The number of rotatable bonds is 3. The molecule has 0 bridgehead atoms. The number of hydrogen-bond acceptors (Lipinski definition) is 3. The molecule has 0 aromatic rings. The molecule has 0 amide bonds. The van der Waals surface area contributed by atoms with Crippen molar-refractivity contribution in [2.75, 3.05) is 13.2 Å². The molecule has 0 aromatic heterocycles. The summed E-state index contributed by atoms with van der Waals surface area (Å²) >= 11 is 2.08. The molecule has 92 valence electrons. The van der Waals surface area contributed by atoms with E-state index in [0.29, 0.717) is 5.25 Å². The van der Waals surface area contributed by atoms with Gasteiger partial charge in [0, 0.05) is 23.7 Å². The maximum absolute atomic E-state index is 10.8. The van der Waals surface area contributed by atoms with Crippen molar-refractivity contribution in [3.05, 3.63) is 0 Å². The standard InChI is InChI=1S/C12H20O3S/c13-12(14)9-1-3-10(4-2-9)16-11-5-7-15-8-6-11/h9-11H,1-8H2,(H,13,14). The summed E-state index contributed by atoms with van der Waals surface area (Å²) < 4.78 is 5.35. The van der Waals surface area contributed by atoms with Crippen LogP contribution in [-0.2, 0) is 9.53 Å². The highest BCUT2D eigenvalue weighted by atomic mass is 32.2. The number of hydrogen-bond donors (Lipinski definition) is 1. The monoisotopic (exact) mass is 244 g/mol. The molecule has 1 aliphatic carbocycles. The first-order valence-electron chi connectivity index (χ1n) is 6.21. The van der Waals surface area contributed by atoms with E-state index in [9.17, 15) is 4.79 Å². The van der Waals surface area contributed by atoms with E-state index in [1.807, 2.05) is 0 Å². The lowest BCUT2D eigenvalue weighted by atomic mass is 9.89. The zero-order chi connectivity index (χ0) is 11.4. The first kappa shape index (κ1) is 12.2. The molecule has 1 saturated carbocycles. The number of thioether (sulfide) groups is 1. The van der Waals surface area contributed by atoms with Crippen LogP contribution in [0.1, 0.15) is 38.5 Å². The van der Waals surface area contributed by atoms with Gasteiger partial charge in [0.2, 0.25) is 0 Å². The lowest BCUT2D eigenvalue weighted by molar-refractivity contribution is -0.142. The summed E-state index contributed by atoms with van der Waals surface area (Å²) in [5, 5.41) is 10.4. The number of carboxylic acid groups (broad SMARTS) is 1. The molecule has 2 aliphatic rings. The maximum atomic E-state index is 10.8. The Morgan fingerprint density at radius 1 is 1.00 bits per heavy atom. The third-order valence-corrected chi connectivity index (χ3v) is 5.29. The topological polar surface area (TPSA) is 46.5 Å². The fourth-order valence-electron chi connectivity index (χ4n) is 2.53. The van der Waals surface area contributed by atoms with Gasteiger partial charge in [0.05, 0.1) is 5.92 Å². The Hall–Kier alpha value is -0.220. The van der Waals surface area contributed by atoms with E-state index >= 15 is 0 Å². The van der Waals surface area contributed by atoms with Crippen molar-refractivity contribution in [1.29, 1.82) is 0 Å². The minimum Gasteiger partial charge on any atom is -0.481 e. The molecule has 0 aromatic carbocycles. The van der Waals surface area contributed by atoms with Gasteiger partial charge in [-0.15, -0.1) is 0 Å². The number of carboxylic acids is 1. The van der Waals surface area contributed by atoms with Crippen LogP contribution in [0.15, 0.2) is 0 Å². The second-order valence-corrected chi connectivity index (χ2v) is 6.37. The highest BCUT2D eigenvalue weighted by Crippen LogP contribution is 2.36. The summed E-state index contributed by atoms with van der Waals surface area (Å²) in [6, 6.07) is 0. The van der Waals surface area contributed by atoms with Gasteiger partial charge in [0.25, 0.3) is 0 Å². The van der Waals surface area contributed by atoms with Crippen LogP contribution < -0.4 is 0 Å². The average Bonchev–Trinajstić information content (AvgIpc) is 2.31. The molecule has 0 atom stereocenters. The first-order valence-corrected chi connectivity index (χ1v) is 7.16. The highest BCUT2D eigenvalue weighted by molar-refractivity contribution is 8.00. The fraction of sp³-hybridized carbons (Fsp3) is 0.917. The third-order valence-electron chi connectivity index (χ3n) is 3.58. The molecule has 0 radical (unpaired) electrons. The second-order valence-electron chi connectivity index (χ2n) is 4.76. The van der Waals surface area contributed by atoms with Gasteiger partial charge in [0.15, 0.2) is 0 Å². The molecule has 1 heterocycles. The normalized spacial score (nSPS) is 32.5. The Bertz CT molecular complexity index is 230. The first-order chi connectivity index (χ1) is 7.75. The minimum absolute atomic E-state index is 0.0773. The van der Waals surface area contributed by atoms with Gasteiger partial charge in [0.1, 0.15) is 0 Å². The van der Waals surface area contributed by atoms with Crippen LogP contribution in [0.2, 0.25) is 0 Å². The van der Waals surface area contributed by atoms with E-state index in [2.05, 4.69) is 11.8 Å². The lowest BCUT2D eigenvalue weighted by Crippen LogP contribution is -2.26. The number of carbonyl (C=O) groups is 1. The van der Waals surface area contributed by atoms with E-state index in [4.69, 9.17) is 9.84 Å². The Morgan fingerprint density at radius 3 is 2.12 bits per heavy atom. The molecule has 0 unspecified atom stereocenters. The van der Waals surface area contributed by atoms with Gasteiger partial charge >= 0.3 is 5.97 Å². The van der Waals surface area contributed by atoms with Crippen LogP contribution >= 0.6 is 11.8 Å². The molecule has 1 N–H and O–H groups in total. The Kier molecular flexibility index (Phi) is 4.53. The zero-order valence-electron chi connectivity index (χ0n) is 9.56. The Labute approximate surface area is 101 Å². The molecule has 16 heavy (non-hydrogen) atoms. The van der Waals surface area contributed by atoms with E-state index in [1.165, 1.54) is 12.8 Å². The molecule has 4 heteroatoms. The fourth-order valence-corrected chi connectivity index (χ4v) is 4.08. The van der Waals surface area contributed by atoms with Crippen molar-refractivity contribution in [1.82, 2.24) is 0 Å². The van der Waals surface area contributed by atoms with Crippen molar-refractivity contribution in [3.63, 3.8) is 0 Å². The summed E-state index contributed by atoms with van der Waals surface area (Å²) in [5.41, 5.74) is 0. The second kappa shape index (κ2) is 5.92. The number of ether oxygens (including phenoxy) is 1. The van der Waals surface area contributed by atoms with Gasteiger partial charge in [-0.2, -0.15) is 11.8 Å². The van der Waals surface area contributed by atoms with Gasteiger partial charge in [-0.1, -0.05) is 0 Å². The van der Waals surface area contributed by atoms with Crippen LogP contribution in [0, 0.1) is 5.92 Å². The Morgan fingerprint density at radius 2 is 1.56 bits per heavy atom. The van der Waals surface area contributed by atoms with Gasteiger partial charge < -0.3 is 9.84 Å². The molecule has 2 rings (SSSR count). The van der Waals surface area contributed by atoms with Crippen LogP contribution in [0.5, 0.6) is 0 Å². The highest BCUT2D eigenvalue weighted by Gasteiger charge is 2.28. The number of aliphatic carboxylic acids is 1. The third kappa shape index (κ3) is 3.39. The van der Waals surface area contributed by atoms with Crippen molar-refractivity contribution in [2.24, 2.45) is 5.92 Å². The van der Waals surface area contributed by atoms with Gasteiger partial charge in [-0.25, -0.2) is 0 Å². The van der Waals surface area contributed by atoms with Crippen molar-refractivity contribution in [2.45, 2.75) is 49.0 Å². The smallest absolute Gasteiger partial charge is 0.306 e. The van der Waals surface area contributed by atoms with Crippen molar-refractivity contribution >= 4 is 17.7 Å². The minimum atomic E-state index is -0.602. The Balaban J connectivity index is 1.70. The largest absolute Gasteiger partial charge is 0.481 e. The van der Waals surface area contributed by atoms with E-state index < -0.39 is 5.97 Å². The van der Waals surface area contributed by atoms with Gasteiger partial charge in [-0.3, -0.25) is 4.79 Å². The van der Waals surface area contributed by atoms with Gasteiger partial charge in [-0.05, 0) is 38.5 Å². The molecular formula is C12H20O3S. The van der Waals surface area contributed by atoms with Crippen molar-refractivity contribution in [3.8, 4) is 0 Å². The predicted octanol–water partition coefficient (Wildman–Crippen LogP) is 2.54. The quantitative estimate of drug-likeness (QED) is 0.828. The maximum Gasteiger partial charge on any atom is 0.306 e. The summed E-state index contributed by atoms with van der Waals surface area (Å²) in [4.78, 5) is 10.8. The van der Waals surface area contributed by atoms with Crippen LogP contribution in [-0.4, -0.2) is 34.8 Å².